The highest BCUT2D eigenvalue weighted by Crippen LogP contribution is 2.36. The van der Waals surface area contributed by atoms with Crippen LogP contribution in [0.4, 0.5) is 10.5 Å². The van der Waals surface area contributed by atoms with Crippen molar-refractivity contribution < 1.29 is 23.9 Å². The number of nitrogens with one attached hydrogen (secondary N) is 2. The summed E-state index contributed by atoms with van der Waals surface area (Å²) in [4.78, 5) is 74.3. The van der Waals surface area contributed by atoms with Gasteiger partial charge in [-0.1, -0.05) is 19.1 Å². The molecule has 5 aliphatic rings. The monoisotopic (exact) mass is 820 g/mol. The van der Waals surface area contributed by atoms with Gasteiger partial charge in [-0.25, -0.2) is 4.79 Å². The molecule has 0 spiro atoms. The Balaban J connectivity index is 0.832. The molecule has 3 saturated heterocycles. The number of fused-ring (bicyclic) bond motifs is 2. The summed E-state index contributed by atoms with van der Waals surface area (Å²) in [5.74, 6) is 0.777. The number of amides is 5. The van der Waals surface area contributed by atoms with E-state index in [1.54, 1.807) is 28.5 Å². The average molecular weight is 821 g/mol. The Bertz CT molecular complexity index is 2180. The lowest BCUT2D eigenvalue weighted by atomic mass is 9.90. The van der Waals surface area contributed by atoms with Crippen LogP contribution in [-0.4, -0.2) is 120 Å². The smallest absolute Gasteiger partial charge is 0.317 e. The molecule has 2 aromatic carbocycles. The van der Waals surface area contributed by atoms with Gasteiger partial charge in [-0.05, 0) is 98.4 Å². The molecule has 320 valence electrons. The maximum absolute atomic E-state index is 13.4. The summed E-state index contributed by atoms with van der Waals surface area (Å²) in [7, 11) is 3.53. The minimum atomic E-state index is -0.594. The summed E-state index contributed by atoms with van der Waals surface area (Å²) < 4.78 is 7.72. The molecule has 1 atom stereocenters. The Labute approximate surface area is 352 Å². The van der Waals surface area contributed by atoms with Gasteiger partial charge in [-0.3, -0.25) is 29.4 Å². The number of hydrogen-bond donors (Lipinski definition) is 2. The van der Waals surface area contributed by atoms with Crippen molar-refractivity contribution in [3.05, 3.63) is 80.3 Å². The van der Waals surface area contributed by atoms with E-state index in [2.05, 4.69) is 50.5 Å². The molecule has 14 heteroatoms. The van der Waals surface area contributed by atoms with Crippen molar-refractivity contribution >= 4 is 29.4 Å². The number of hydrogen-bond acceptors (Lipinski definition) is 9. The maximum atomic E-state index is 13.4. The van der Waals surface area contributed by atoms with Gasteiger partial charge >= 0.3 is 6.03 Å². The lowest BCUT2D eigenvalue weighted by Gasteiger charge is -2.37. The Morgan fingerprint density at radius 2 is 1.63 bits per heavy atom. The second-order valence-electron chi connectivity index (χ2n) is 17.2. The Morgan fingerprint density at radius 1 is 0.867 bits per heavy atom. The number of nitrogens with zero attached hydrogens (tertiary/aromatic N) is 6. The minimum absolute atomic E-state index is 0.0548. The van der Waals surface area contributed by atoms with Crippen LogP contribution in [0.15, 0.2) is 41.3 Å². The molecule has 1 unspecified atom stereocenters. The molecule has 2 N–H and O–H groups in total. The summed E-state index contributed by atoms with van der Waals surface area (Å²) in [6.07, 6.45) is 7.50. The molecule has 14 nitrogen and oxygen atoms in total. The average Bonchev–Trinajstić information content (AvgIpc) is 3.59. The predicted molar refractivity (Wildman–Crippen MR) is 230 cm³/mol. The molecule has 0 saturated carbocycles. The predicted octanol–water partition coefficient (Wildman–Crippen LogP) is 3.90. The lowest BCUT2D eigenvalue weighted by molar-refractivity contribution is -0.136. The van der Waals surface area contributed by atoms with E-state index in [-0.39, 0.29) is 35.7 Å². The largest absolute Gasteiger partial charge is 0.496 e. The Hall–Kier alpha value is -5.21. The molecule has 1 aromatic heterocycles. The lowest BCUT2D eigenvalue weighted by Crippen LogP contribution is -2.52. The fraction of sp³-hybridized carbons (Fsp3) is 0.543. The van der Waals surface area contributed by atoms with Crippen molar-refractivity contribution in [1.82, 2.24) is 34.8 Å². The van der Waals surface area contributed by atoms with Crippen LogP contribution in [0.2, 0.25) is 0 Å². The number of rotatable bonds is 11. The standard InChI is InChI=1S/C46H60N8O6/c1-5-31-23-33(37-27-49(3)44(57)39-29-53(18-14-35(37)39)46(59)47-6-2)24-41(60-4)38(31)28-51-21-19-50(20-22-51)15-11-30-12-16-52(17-13-30)34-8-7-32-26-54(45(58)36(32)25-34)40-9-10-42(55)48-43(40)56/h7-8,23-25,27,30,40H,5-6,9-22,26,28-29H2,1-4H3,(H,47,59)(H,48,55,56). The Kier molecular flexibility index (Phi) is 12.3. The molecule has 3 aromatic rings. The van der Waals surface area contributed by atoms with Crippen molar-refractivity contribution in [2.75, 3.05) is 70.9 Å². The van der Waals surface area contributed by atoms with Gasteiger partial charge in [0.2, 0.25) is 11.8 Å². The second kappa shape index (κ2) is 17.8. The molecular formula is C46H60N8O6. The van der Waals surface area contributed by atoms with E-state index < -0.39 is 6.04 Å². The number of imide groups is 1. The normalized spacial score (nSPS) is 20.3. The number of benzene rings is 2. The number of aromatic nitrogens is 1. The number of aryl methyl sites for hydroxylation is 2. The third-order valence-corrected chi connectivity index (χ3v) is 13.6. The number of piperazine rings is 1. The summed E-state index contributed by atoms with van der Waals surface area (Å²) >= 11 is 0. The summed E-state index contributed by atoms with van der Waals surface area (Å²) in [6.45, 7) is 13.8. The van der Waals surface area contributed by atoms with E-state index in [4.69, 9.17) is 4.74 Å². The quantitative estimate of drug-likeness (QED) is 0.276. The van der Waals surface area contributed by atoms with Crippen LogP contribution >= 0.6 is 0 Å². The van der Waals surface area contributed by atoms with Gasteiger partial charge in [0.1, 0.15) is 11.8 Å². The third-order valence-electron chi connectivity index (χ3n) is 13.6. The number of methoxy groups -OCH3 is 1. The van der Waals surface area contributed by atoms with Crippen molar-refractivity contribution in [3.8, 4) is 16.9 Å². The number of carbonyl (C=O) groups is 4. The van der Waals surface area contributed by atoms with Crippen molar-refractivity contribution in [1.29, 1.82) is 0 Å². The third kappa shape index (κ3) is 8.41. The molecule has 60 heavy (non-hydrogen) atoms. The van der Waals surface area contributed by atoms with E-state index in [9.17, 15) is 24.0 Å². The number of urea groups is 1. The van der Waals surface area contributed by atoms with E-state index in [1.165, 1.54) is 17.5 Å². The first-order chi connectivity index (χ1) is 29.0. The molecule has 5 amide bonds. The van der Waals surface area contributed by atoms with E-state index in [0.29, 0.717) is 56.1 Å². The molecule has 0 radical (unpaired) electrons. The molecule has 8 rings (SSSR count). The Morgan fingerprint density at radius 3 is 2.35 bits per heavy atom. The number of piperidine rings is 2. The first-order valence-electron chi connectivity index (χ1n) is 22.0. The number of pyridine rings is 1. The van der Waals surface area contributed by atoms with Gasteiger partial charge in [0.25, 0.3) is 11.5 Å². The van der Waals surface area contributed by atoms with Crippen molar-refractivity contribution in [2.45, 2.75) is 84.5 Å². The van der Waals surface area contributed by atoms with Gasteiger partial charge in [-0.15, -0.1) is 0 Å². The summed E-state index contributed by atoms with van der Waals surface area (Å²) in [5.41, 5.74) is 8.89. The van der Waals surface area contributed by atoms with Crippen LogP contribution in [0.5, 0.6) is 5.75 Å². The minimum Gasteiger partial charge on any atom is -0.496 e. The second-order valence-corrected chi connectivity index (χ2v) is 17.2. The highest BCUT2D eigenvalue weighted by atomic mass is 16.5. The van der Waals surface area contributed by atoms with Crippen LogP contribution in [0.1, 0.15) is 84.1 Å². The zero-order chi connectivity index (χ0) is 42.1. The van der Waals surface area contributed by atoms with Gasteiger partial charge in [-0.2, -0.15) is 0 Å². The molecule has 0 aliphatic carbocycles. The van der Waals surface area contributed by atoms with E-state index in [1.807, 2.05) is 25.3 Å². The molecule has 3 fully saturated rings. The maximum Gasteiger partial charge on any atom is 0.317 e. The molecule has 6 heterocycles. The first-order valence-corrected chi connectivity index (χ1v) is 22.0. The van der Waals surface area contributed by atoms with Gasteiger partial charge < -0.3 is 34.2 Å². The van der Waals surface area contributed by atoms with Gasteiger partial charge in [0.15, 0.2) is 0 Å². The van der Waals surface area contributed by atoms with Gasteiger partial charge in [0, 0.05) is 113 Å². The highest BCUT2D eigenvalue weighted by molar-refractivity contribution is 6.05. The van der Waals surface area contributed by atoms with E-state index in [0.717, 1.165) is 105 Å². The van der Waals surface area contributed by atoms with Crippen LogP contribution in [0.3, 0.4) is 0 Å². The van der Waals surface area contributed by atoms with Gasteiger partial charge in [0.05, 0.1) is 13.7 Å². The topological polar surface area (TPSA) is 140 Å². The fourth-order valence-electron chi connectivity index (χ4n) is 10.00. The zero-order valence-corrected chi connectivity index (χ0v) is 35.7. The number of carbonyl (C=O) groups excluding carboxylic acids is 4. The molecule has 0 bridgehead atoms. The SMILES string of the molecule is CCNC(=O)N1CCc2c(-c3cc(CC)c(CN4CCN(CCC5CCN(c6ccc7c(c6)C(=O)N(C6CCC(=O)NC6=O)C7)CC5)CC4)c(OC)c3)cn(C)c(=O)c2C1. The van der Waals surface area contributed by atoms with Crippen LogP contribution in [0.25, 0.3) is 11.1 Å². The van der Waals surface area contributed by atoms with Crippen molar-refractivity contribution in [2.24, 2.45) is 13.0 Å². The zero-order valence-electron chi connectivity index (χ0n) is 35.7. The first kappa shape index (κ1) is 41.5. The van der Waals surface area contributed by atoms with Crippen LogP contribution < -0.4 is 25.8 Å². The fourth-order valence-corrected chi connectivity index (χ4v) is 10.00. The molecular weight excluding hydrogens is 761 g/mol. The van der Waals surface area contributed by atoms with Crippen LogP contribution in [0, 0.1) is 5.92 Å². The number of anilines is 1. The van der Waals surface area contributed by atoms with E-state index >= 15 is 0 Å². The highest BCUT2D eigenvalue weighted by Gasteiger charge is 2.39. The summed E-state index contributed by atoms with van der Waals surface area (Å²) in [6, 6.07) is 9.82. The van der Waals surface area contributed by atoms with Crippen molar-refractivity contribution in [3.63, 3.8) is 0 Å². The van der Waals surface area contributed by atoms with Crippen LogP contribution in [-0.2, 0) is 49.1 Å². The molecule has 5 aliphatic heterocycles. The number of ether oxygens (including phenoxy) is 1. The summed E-state index contributed by atoms with van der Waals surface area (Å²) in [5, 5.41) is 5.26.